The van der Waals surface area contributed by atoms with Gasteiger partial charge in [0.1, 0.15) is 0 Å². The first kappa shape index (κ1) is 23.1. The van der Waals surface area contributed by atoms with Gasteiger partial charge >= 0.3 is 0 Å². The van der Waals surface area contributed by atoms with Crippen LogP contribution in [-0.2, 0) is 14.8 Å². The third-order valence-electron chi connectivity index (χ3n) is 4.98. The summed E-state index contributed by atoms with van der Waals surface area (Å²) in [4.78, 5) is 13.5. The lowest BCUT2D eigenvalue weighted by Gasteiger charge is -2.31. The Labute approximate surface area is 188 Å². The number of nitrogens with zero attached hydrogens (tertiary/aromatic N) is 2. The Kier molecular flexibility index (Phi) is 7.97. The van der Waals surface area contributed by atoms with Crippen LogP contribution in [0.2, 0.25) is 0 Å². The normalized spacial score (nSPS) is 16.5. The van der Waals surface area contributed by atoms with E-state index in [2.05, 4.69) is 10.5 Å². The van der Waals surface area contributed by atoms with Gasteiger partial charge in [0.15, 0.2) is 6.54 Å². The number of sulfonamides is 1. The smallest absolute Gasteiger partial charge is 0.295 e. The Balaban J connectivity index is 1.45. The zero-order valence-corrected chi connectivity index (χ0v) is 18.9. The van der Waals surface area contributed by atoms with Crippen molar-refractivity contribution in [1.29, 1.82) is 0 Å². The molecule has 1 amide bonds. The standard InChI is InChI=1S/C22H25ClN4O3S/c1-18-7-9-21(10-8-18)31(29,30)27-13-11-26(12-14-27)17-22(28)25-24-16-20(23)15-19-5-3-2-4-6-19/h2-10,15-16H,11-14,17H2,1H3,(H,25,28)/p+1/b20-15-,24-16+. The molecule has 9 heteroatoms. The van der Waals surface area contributed by atoms with Crippen molar-refractivity contribution in [1.82, 2.24) is 9.73 Å². The van der Waals surface area contributed by atoms with E-state index in [-0.39, 0.29) is 12.5 Å². The van der Waals surface area contributed by atoms with Gasteiger partial charge in [0.05, 0.1) is 42.3 Å². The van der Waals surface area contributed by atoms with E-state index in [1.54, 1.807) is 30.3 Å². The summed E-state index contributed by atoms with van der Waals surface area (Å²) < 4.78 is 27.0. The van der Waals surface area contributed by atoms with E-state index in [1.807, 2.05) is 37.3 Å². The number of carbonyl (C=O) groups is 1. The molecule has 1 aliphatic heterocycles. The van der Waals surface area contributed by atoms with Crippen LogP contribution in [0.3, 0.4) is 0 Å². The number of allylic oxidation sites excluding steroid dienone is 1. The SMILES string of the molecule is Cc1ccc(S(=O)(=O)N2CC[NH+](CC(=O)N/N=C/C(Cl)=C/c3ccccc3)CC2)cc1. The van der Waals surface area contributed by atoms with Gasteiger partial charge in [-0.25, -0.2) is 13.8 Å². The molecular formula is C22H26ClN4O3S+. The number of piperazine rings is 1. The van der Waals surface area contributed by atoms with Crippen molar-refractivity contribution in [3.8, 4) is 0 Å². The van der Waals surface area contributed by atoms with Gasteiger partial charge in [-0.3, -0.25) is 4.79 Å². The van der Waals surface area contributed by atoms with Crippen molar-refractivity contribution < 1.29 is 18.1 Å². The fourth-order valence-corrected chi connectivity index (χ4v) is 4.87. The minimum absolute atomic E-state index is 0.218. The lowest BCUT2D eigenvalue weighted by molar-refractivity contribution is -0.895. The monoisotopic (exact) mass is 461 g/mol. The Morgan fingerprint density at radius 1 is 1.13 bits per heavy atom. The number of nitrogens with one attached hydrogen (secondary N) is 2. The highest BCUT2D eigenvalue weighted by Gasteiger charge is 2.31. The van der Waals surface area contributed by atoms with E-state index in [4.69, 9.17) is 11.6 Å². The molecule has 0 unspecified atom stereocenters. The summed E-state index contributed by atoms with van der Waals surface area (Å²) in [5.74, 6) is -0.245. The van der Waals surface area contributed by atoms with Gasteiger partial charge in [0, 0.05) is 0 Å². The van der Waals surface area contributed by atoms with Gasteiger partial charge < -0.3 is 4.90 Å². The molecule has 0 aromatic heterocycles. The number of amides is 1. The van der Waals surface area contributed by atoms with Crippen molar-refractivity contribution in [3.05, 3.63) is 70.8 Å². The van der Waals surface area contributed by atoms with Crippen molar-refractivity contribution in [2.75, 3.05) is 32.7 Å². The lowest BCUT2D eigenvalue weighted by atomic mass is 10.2. The van der Waals surface area contributed by atoms with Gasteiger partial charge in [-0.15, -0.1) is 0 Å². The van der Waals surface area contributed by atoms with Crippen LogP contribution in [0.4, 0.5) is 0 Å². The number of benzene rings is 2. The molecule has 0 saturated carbocycles. The number of hydrogen-bond acceptors (Lipinski definition) is 4. The summed E-state index contributed by atoms with van der Waals surface area (Å²) in [7, 11) is -3.51. The minimum atomic E-state index is -3.51. The Morgan fingerprint density at radius 3 is 2.42 bits per heavy atom. The predicted octanol–water partition coefficient (Wildman–Crippen LogP) is 1.27. The molecule has 164 valence electrons. The first-order chi connectivity index (χ1) is 14.8. The molecule has 1 fully saturated rings. The van der Waals surface area contributed by atoms with E-state index < -0.39 is 10.0 Å². The number of aryl methyl sites for hydroxylation is 1. The fourth-order valence-electron chi connectivity index (χ4n) is 3.26. The molecular weight excluding hydrogens is 436 g/mol. The molecule has 7 nitrogen and oxygen atoms in total. The average Bonchev–Trinajstić information content (AvgIpc) is 2.75. The van der Waals surface area contributed by atoms with Crippen molar-refractivity contribution in [2.24, 2.45) is 5.10 Å². The summed E-state index contributed by atoms with van der Waals surface area (Å²) in [5, 5.41) is 4.29. The van der Waals surface area contributed by atoms with E-state index in [0.29, 0.717) is 36.1 Å². The van der Waals surface area contributed by atoms with Crippen LogP contribution in [0.15, 0.2) is 69.6 Å². The molecule has 1 saturated heterocycles. The van der Waals surface area contributed by atoms with Crippen LogP contribution in [0.1, 0.15) is 11.1 Å². The van der Waals surface area contributed by atoms with Crippen LogP contribution < -0.4 is 10.3 Å². The van der Waals surface area contributed by atoms with Crippen LogP contribution in [-0.4, -0.2) is 57.6 Å². The van der Waals surface area contributed by atoms with E-state index in [9.17, 15) is 13.2 Å². The first-order valence-corrected chi connectivity index (χ1v) is 11.8. The Morgan fingerprint density at radius 2 is 1.77 bits per heavy atom. The van der Waals surface area contributed by atoms with Gasteiger partial charge in [0.2, 0.25) is 10.0 Å². The van der Waals surface area contributed by atoms with Gasteiger partial charge in [-0.1, -0.05) is 59.6 Å². The third kappa shape index (κ3) is 6.73. The molecule has 1 heterocycles. The summed E-state index contributed by atoms with van der Waals surface area (Å²) in [5.41, 5.74) is 4.42. The molecule has 2 aromatic carbocycles. The van der Waals surface area contributed by atoms with E-state index >= 15 is 0 Å². The number of hydrazone groups is 1. The zero-order chi connectivity index (χ0) is 22.3. The van der Waals surface area contributed by atoms with E-state index in [0.717, 1.165) is 16.0 Å². The highest BCUT2D eigenvalue weighted by molar-refractivity contribution is 7.89. The maximum absolute atomic E-state index is 12.8. The number of halogens is 1. The maximum Gasteiger partial charge on any atom is 0.295 e. The zero-order valence-electron chi connectivity index (χ0n) is 17.3. The van der Waals surface area contributed by atoms with Crippen molar-refractivity contribution in [3.63, 3.8) is 0 Å². The second-order valence-electron chi connectivity index (χ2n) is 7.38. The highest BCUT2D eigenvalue weighted by Crippen LogP contribution is 2.16. The van der Waals surface area contributed by atoms with Crippen molar-refractivity contribution >= 4 is 39.8 Å². The van der Waals surface area contributed by atoms with Crippen LogP contribution in [0.5, 0.6) is 0 Å². The Bertz CT molecular complexity index is 1050. The Hall–Kier alpha value is -2.52. The molecule has 0 radical (unpaired) electrons. The number of rotatable bonds is 7. The van der Waals surface area contributed by atoms with Crippen LogP contribution >= 0.6 is 11.6 Å². The molecule has 0 atom stereocenters. The van der Waals surface area contributed by atoms with E-state index in [1.165, 1.54) is 10.5 Å². The molecule has 1 aliphatic rings. The van der Waals surface area contributed by atoms with Crippen molar-refractivity contribution in [2.45, 2.75) is 11.8 Å². The molecule has 0 aliphatic carbocycles. The van der Waals surface area contributed by atoms with Crippen LogP contribution in [0.25, 0.3) is 6.08 Å². The molecule has 31 heavy (non-hydrogen) atoms. The number of quaternary nitrogens is 1. The second-order valence-corrected chi connectivity index (χ2v) is 9.75. The molecule has 3 rings (SSSR count). The third-order valence-corrected chi connectivity index (χ3v) is 7.10. The molecule has 0 bridgehead atoms. The minimum Gasteiger partial charge on any atom is -0.325 e. The first-order valence-electron chi connectivity index (χ1n) is 9.99. The average molecular weight is 462 g/mol. The maximum atomic E-state index is 12.8. The molecule has 0 spiro atoms. The topological polar surface area (TPSA) is 83.3 Å². The lowest BCUT2D eigenvalue weighted by Crippen LogP contribution is -3.15. The summed E-state index contributed by atoms with van der Waals surface area (Å²) >= 11 is 6.10. The van der Waals surface area contributed by atoms with Gasteiger partial charge in [-0.05, 0) is 30.7 Å². The largest absolute Gasteiger partial charge is 0.325 e. The molecule has 2 N–H and O–H groups in total. The predicted molar refractivity (Wildman–Crippen MR) is 122 cm³/mol. The quantitative estimate of drug-likeness (QED) is 0.481. The molecule has 2 aromatic rings. The highest BCUT2D eigenvalue weighted by atomic mass is 35.5. The summed E-state index contributed by atoms with van der Waals surface area (Å²) in [6.07, 6.45) is 3.13. The van der Waals surface area contributed by atoms with Crippen LogP contribution in [0, 0.1) is 6.92 Å². The number of hydrogen-bond donors (Lipinski definition) is 2. The summed E-state index contributed by atoms with van der Waals surface area (Å²) in [6, 6.07) is 16.4. The summed E-state index contributed by atoms with van der Waals surface area (Å²) in [6.45, 7) is 3.98. The number of carbonyl (C=O) groups excluding carboxylic acids is 1. The van der Waals surface area contributed by atoms with Gasteiger partial charge in [-0.2, -0.15) is 9.41 Å². The van der Waals surface area contributed by atoms with Gasteiger partial charge in [0.25, 0.3) is 5.91 Å². The second kappa shape index (κ2) is 10.7. The fraction of sp³-hybridized carbons (Fsp3) is 0.273.